The highest BCUT2D eigenvalue weighted by Gasteiger charge is 2.34. The fraction of sp³-hybridized carbons (Fsp3) is 0.462. The highest BCUT2D eigenvalue weighted by atomic mass is 35.5. The number of halogens is 3. The molecule has 1 unspecified atom stereocenters. The Morgan fingerprint density at radius 2 is 1.89 bits per heavy atom. The first kappa shape index (κ1) is 14.9. The maximum atomic E-state index is 12.4. The Balaban J connectivity index is 2.19. The number of rotatable bonds is 2. The fourth-order valence-corrected chi connectivity index (χ4v) is 3.07. The van der Waals surface area contributed by atoms with Gasteiger partial charge >= 0.3 is 0 Å². The summed E-state index contributed by atoms with van der Waals surface area (Å²) >= 11 is 18.0. The number of piperidine rings is 1. The Morgan fingerprint density at radius 3 is 2.42 bits per heavy atom. The summed E-state index contributed by atoms with van der Waals surface area (Å²) < 4.78 is 0. The molecular weight excluding hydrogens is 307 g/mol. The highest BCUT2D eigenvalue weighted by molar-refractivity contribution is 6.42. The van der Waals surface area contributed by atoms with Gasteiger partial charge in [0.2, 0.25) is 5.91 Å². The van der Waals surface area contributed by atoms with E-state index in [1.807, 2.05) is 6.92 Å². The van der Waals surface area contributed by atoms with E-state index in [4.69, 9.17) is 34.8 Å². The van der Waals surface area contributed by atoms with E-state index >= 15 is 0 Å². The van der Waals surface area contributed by atoms with Gasteiger partial charge in [0.15, 0.2) is 0 Å². The van der Waals surface area contributed by atoms with Gasteiger partial charge in [0.1, 0.15) is 0 Å². The first-order valence-corrected chi connectivity index (χ1v) is 7.27. The molecule has 1 heterocycles. The maximum Gasteiger partial charge on any atom is 0.244 e. The number of carbonyl (C=O) groups is 1. The number of anilines is 1. The predicted molar refractivity (Wildman–Crippen MR) is 80.4 cm³/mol. The van der Waals surface area contributed by atoms with E-state index < -0.39 is 5.54 Å². The Morgan fingerprint density at radius 1 is 1.26 bits per heavy atom. The van der Waals surface area contributed by atoms with Crippen molar-refractivity contribution in [3.63, 3.8) is 0 Å². The van der Waals surface area contributed by atoms with E-state index in [0.717, 1.165) is 25.8 Å². The van der Waals surface area contributed by atoms with Crippen LogP contribution >= 0.6 is 34.8 Å². The number of hydrogen-bond acceptors (Lipinski definition) is 2. The molecule has 1 aliphatic heterocycles. The quantitative estimate of drug-likeness (QED) is 0.860. The van der Waals surface area contributed by atoms with Crippen molar-refractivity contribution in [2.75, 3.05) is 11.9 Å². The monoisotopic (exact) mass is 320 g/mol. The van der Waals surface area contributed by atoms with E-state index in [0.29, 0.717) is 20.8 Å². The topological polar surface area (TPSA) is 41.1 Å². The zero-order valence-electron chi connectivity index (χ0n) is 10.5. The molecule has 3 nitrogen and oxygen atoms in total. The van der Waals surface area contributed by atoms with Crippen LogP contribution in [0.5, 0.6) is 0 Å². The molecule has 1 aliphatic rings. The lowest BCUT2D eigenvalue weighted by molar-refractivity contribution is -0.122. The van der Waals surface area contributed by atoms with Gasteiger partial charge in [-0.2, -0.15) is 0 Å². The molecule has 104 valence electrons. The number of amides is 1. The molecule has 2 N–H and O–H groups in total. The van der Waals surface area contributed by atoms with Crippen molar-refractivity contribution in [2.24, 2.45) is 0 Å². The van der Waals surface area contributed by atoms with E-state index in [-0.39, 0.29) is 5.91 Å². The van der Waals surface area contributed by atoms with Crippen LogP contribution in [0, 0.1) is 0 Å². The van der Waals surface area contributed by atoms with Gasteiger partial charge in [0.25, 0.3) is 0 Å². The van der Waals surface area contributed by atoms with E-state index in [1.54, 1.807) is 12.1 Å². The fourth-order valence-electron chi connectivity index (χ4n) is 2.16. The molecule has 0 saturated carbocycles. The second-order valence-electron chi connectivity index (χ2n) is 4.91. The molecule has 0 aromatic heterocycles. The van der Waals surface area contributed by atoms with Crippen molar-refractivity contribution in [3.8, 4) is 0 Å². The molecule has 19 heavy (non-hydrogen) atoms. The lowest BCUT2D eigenvalue weighted by Crippen LogP contribution is -2.54. The molecule has 0 bridgehead atoms. The van der Waals surface area contributed by atoms with Crippen LogP contribution in [-0.4, -0.2) is 18.0 Å². The molecular formula is C13H15Cl3N2O. The number of nitrogens with one attached hydrogen (secondary N) is 2. The van der Waals surface area contributed by atoms with Crippen molar-refractivity contribution in [1.82, 2.24) is 5.32 Å². The van der Waals surface area contributed by atoms with Gasteiger partial charge in [0, 0.05) is 5.02 Å². The zero-order valence-corrected chi connectivity index (χ0v) is 12.8. The van der Waals surface area contributed by atoms with Gasteiger partial charge in [-0.05, 0) is 44.9 Å². The summed E-state index contributed by atoms with van der Waals surface area (Å²) in [5.74, 6) is -0.127. The summed E-state index contributed by atoms with van der Waals surface area (Å²) in [4.78, 5) is 12.4. The molecule has 6 heteroatoms. The van der Waals surface area contributed by atoms with Crippen LogP contribution in [0.15, 0.2) is 12.1 Å². The van der Waals surface area contributed by atoms with Gasteiger partial charge in [-0.3, -0.25) is 4.79 Å². The third-order valence-electron chi connectivity index (χ3n) is 3.37. The summed E-state index contributed by atoms with van der Waals surface area (Å²) in [7, 11) is 0. The second kappa shape index (κ2) is 5.88. The third-order valence-corrected chi connectivity index (χ3v) is 4.18. The molecule has 1 saturated heterocycles. The van der Waals surface area contributed by atoms with Gasteiger partial charge in [-0.1, -0.05) is 34.8 Å². The van der Waals surface area contributed by atoms with E-state index in [9.17, 15) is 4.79 Å². The number of hydrogen-bond donors (Lipinski definition) is 2. The highest BCUT2D eigenvalue weighted by Crippen LogP contribution is 2.34. The largest absolute Gasteiger partial charge is 0.322 e. The lowest BCUT2D eigenvalue weighted by atomic mass is 9.90. The molecule has 0 radical (unpaired) electrons. The normalized spacial score (nSPS) is 23.2. The average molecular weight is 322 g/mol. The minimum absolute atomic E-state index is 0.127. The Labute approximate surface area is 127 Å². The molecule has 1 aromatic rings. The molecule has 2 rings (SSSR count). The molecule has 1 aromatic carbocycles. The second-order valence-corrected chi connectivity index (χ2v) is 6.17. The van der Waals surface area contributed by atoms with Crippen LogP contribution in [-0.2, 0) is 4.79 Å². The SMILES string of the molecule is CC1(C(=O)Nc2c(Cl)cc(Cl)cc2Cl)CCCCN1. The zero-order chi connectivity index (χ0) is 14.0. The molecule has 1 atom stereocenters. The Hall–Kier alpha value is -0.480. The van der Waals surface area contributed by atoms with E-state index in [1.165, 1.54) is 0 Å². The number of carbonyl (C=O) groups excluding carboxylic acids is 1. The summed E-state index contributed by atoms with van der Waals surface area (Å²) in [6.07, 6.45) is 2.91. The molecule has 1 amide bonds. The van der Waals surface area contributed by atoms with Gasteiger partial charge in [-0.15, -0.1) is 0 Å². The standard InChI is InChI=1S/C13H15Cl3N2O/c1-13(4-2-3-5-17-13)12(19)18-11-9(15)6-8(14)7-10(11)16/h6-7,17H,2-5H2,1H3,(H,18,19). The van der Waals surface area contributed by atoms with Crippen LogP contribution in [0.4, 0.5) is 5.69 Å². The summed E-state index contributed by atoms with van der Waals surface area (Å²) in [5.41, 5.74) is -0.170. The van der Waals surface area contributed by atoms with Crippen molar-refractivity contribution >= 4 is 46.4 Å². The average Bonchev–Trinajstić information content (AvgIpc) is 2.34. The molecule has 0 aliphatic carbocycles. The minimum Gasteiger partial charge on any atom is -0.322 e. The minimum atomic E-state index is -0.579. The smallest absolute Gasteiger partial charge is 0.244 e. The van der Waals surface area contributed by atoms with Crippen molar-refractivity contribution < 1.29 is 4.79 Å². The first-order valence-electron chi connectivity index (χ1n) is 6.13. The maximum absolute atomic E-state index is 12.4. The third kappa shape index (κ3) is 3.34. The van der Waals surface area contributed by atoms with Crippen LogP contribution in [0.25, 0.3) is 0 Å². The van der Waals surface area contributed by atoms with Gasteiger partial charge in [0.05, 0.1) is 21.3 Å². The Kier molecular flexibility index (Phi) is 4.62. The van der Waals surface area contributed by atoms with Crippen LogP contribution in [0.2, 0.25) is 15.1 Å². The number of benzene rings is 1. The Bertz CT molecular complexity index is 476. The van der Waals surface area contributed by atoms with Crippen molar-refractivity contribution in [2.45, 2.75) is 31.7 Å². The van der Waals surface area contributed by atoms with Crippen LogP contribution in [0.3, 0.4) is 0 Å². The van der Waals surface area contributed by atoms with Crippen molar-refractivity contribution in [1.29, 1.82) is 0 Å². The first-order chi connectivity index (χ1) is 8.92. The van der Waals surface area contributed by atoms with Crippen LogP contribution in [0.1, 0.15) is 26.2 Å². The van der Waals surface area contributed by atoms with E-state index in [2.05, 4.69) is 10.6 Å². The summed E-state index contributed by atoms with van der Waals surface area (Å²) in [6, 6.07) is 3.11. The van der Waals surface area contributed by atoms with Gasteiger partial charge in [-0.25, -0.2) is 0 Å². The van der Waals surface area contributed by atoms with Crippen molar-refractivity contribution in [3.05, 3.63) is 27.2 Å². The predicted octanol–water partition coefficient (Wildman–Crippen LogP) is 4.12. The molecule has 0 spiro atoms. The van der Waals surface area contributed by atoms with Gasteiger partial charge < -0.3 is 10.6 Å². The summed E-state index contributed by atoms with van der Waals surface area (Å²) in [6.45, 7) is 2.73. The lowest BCUT2D eigenvalue weighted by Gasteiger charge is -2.33. The van der Waals surface area contributed by atoms with Crippen LogP contribution < -0.4 is 10.6 Å². The molecule has 1 fully saturated rings. The summed E-state index contributed by atoms with van der Waals surface area (Å²) in [5, 5.41) is 7.15.